The minimum absolute atomic E-state index is 0.00227. The van der Waals surface area contributed by atoms with Crippen molar-refractivity contribution in [1.29, 1.82) is 0 Å². The van der Waals surface area contributed by atoms with E-state index >= 15 is 0 Å². The van der Waals surface area contributed by atoms with Crippen LogP contribution in [0.3, 0.4) is 0 Å². The van der Waals surface area contributed by atoms with Gasteiger partial charge in [0.1, 0.15) is 17.6 Å². The fraction of sp³-hybridized carbons (Fsp3) is 0.536. The molecule has 3 atom stereocenters. The van der Waals surface area contributed by atoms with E-state index in [9.17, 15) is 9.18 Å². The van der Waals surface area contributed by atoms with E-state index in [1.54, 1.807) is 26.4 Å². The number of benzene rings is 2. The maximum absolute atomic E-state index is 13.8. The van der Waals surface area contributed by atoms with Gasteiger partial charge in [0.2, 0.25) is 0 Å². The number of hydrogen-bond donors (Lipinski definition) is 1. The molecule has 35 heavy (non-hydrogen) atoms. The van der Waals surface area contributed by atoms with Crippen LogP contribution in [0.25, 0.3) is 11.1 Å². The van der Waals surface area contributed by atoms with E-state index in [-0.39, 0.29) is 30.0 Å². The van der Waals surface area contributed by atoms with Gasteiger partial charge in [-0.05, 0) is 75.0 Å². The Balaban J connectivity index is 1.57. The lowest BCUT2D eigenvalue weighted by Crippen LogP contribution is -2.58. The van der Waals surface area contributed by atoms with Gasteiger partial charge in [0, 0.05) is 33.4 Å². The summed E-state index contributed by atoms with van der Waals surface area (Å²) in [5.41, 5.74) is 2.28. The predicted octanol–water partition coefficient (Wildman–Crippen LogP) is 3.70. The van der Waals surface area contributed by atoms with Crippen molar-refractivity contribution in [2.75, 3.05) is 41.4 Å². The maximum atomic E-state index is 13.8. The molecule has 190 valence electrons. The van der Waals surface area contributed by atoms with Gasteiger partial charge >= 0.3 is 0 Å². The van der Waals surface area contributed by atoms with E-state index in [1.807, 2.05) is 42.1 Å². The van der Waals surface area contributed by atoms with E-state index in [1.165, 1.54) is 6.07 Å². The van der Waals surface area contributed by atoms with Gasteiger partial charge in [0.15, 0.2) is 0 Å². The summed E-state index contributed by atoms with van der Waals surface area (Å²) in [6.45, 7) is 1.38. The molecule has 1 aliphatic heterocycles. The molecule has 7 heteroatoms. The van der Waals surface area contributed by atoms with Gasteiger partial charge in [-0.3, -0.25) is 9.69 Å². The Bertz CT molecular complexity index is 1000. The molecule has 0 aromatic heterocycles. The van der Waals surface area contributed by atoms with Gasteiger partial charge in [0.25, 0.3) is 5.91 Å². The molecule has 2 fully saturated rings. The van der Waals surface area contributed by atoms with Gasteiger partial charge in [-0.1, -0.05) is 36.4 Å². The SMILES string of the molecule is COC(CN[C@H]1CCN(C(=O)C2(OC)CCC2)[C@H]1Cc1cccc(-c2cccc(F)c2)c1)N(C)C. The van der Waals surface area contributed by atoms with Crippen LogP contribution >= 0.6 is 0 Å². The predicted molar refractivity (Wildman–Crippen MR) is 136 cm³/mol. The molecule has 2 aromatic rings. The van der Waals surface area contributed by atoms with E-state index in [0.717, 1.165) is 42.4 Å². The number of methoxy groups -OCH3 is 2. The zero-order chi connectivity index (χ0) is 25.0. The average Bonchev–Trinajstić information content (AvgIpc) is 3.21. The zero-order valence-electron chi connectivity index (χ0n) is 21.3. The van der Waals surface area contributed by atoms with Gasteiger partial charge in [-0.15, -0.1) is 0 Å². The molecule has 0 radical (unpaired) electrons. The van der Waals surface area contributed by atoms with Crippen LogP contribution in [0.2, 0.25) is 0 Å². The summed E-state index contributed by atoms with van der Waals surface area (Å²) in [6, 6.07) is 15.0. The number of likely N-dealkylation sites (N-methyl/N-ethyl adjacent to an activating group) is 1. The summed E-state index contributed by atoms with van der Waals surface area (Å²) in [4.78, 5) is 17.7. The quantitative estimate of drug-likeness (QED) is 0.523. The summed E-state index contributed by atoms with van der Waals surface area (Å²) >= 11 is 0. The van der Waals surface area contributed by atoms with Crippen molar-refractivity contribution >= 4 is 5.91 Å². The molecule has 1 aliphatic carbocycles. The molecular weight excluding hydrogens is 445 g/mol. The molecule has 1 N–H and O–H groups in total. The minimum Gasteiger partial charge on any atom is -0.368 e. The minimum atomic E-state index is -0.671. The lowest BCUT2D eigenvalue weighted by molar-refractivity contribution is -0.167. The molecular formula is C28H38FN3O3. The average molecular weight is 484 g/mol. The zero-order valence-corrected chi connectivity index (χ0v) is 21.3. The van der Waals surface area contributed by atoms with Crippen molar-refractivity contribution in [3.05, 3.63) is 59.9 Å². The summed E-state index contributed by atoms with van der Waals surface area (Å²) in [5, 5.41) is 3.68. The summed E-state index contributed by atoms with van der Waals surface area (Å²) < 4.78 is 25.2. The Kier molecular flexibility index (Phi) is 8.22. The Labute approximate surface area is 208 Å². The van der Waals surface area contributed by atoms with Crippen molar-refractivity contribution in [2.24, 2.45) is 0 Å². The highest BCUT2D eigenvalue weighted by Crippen LogP contribution is 2.39. The van der Waals surface area contributed by atoms with E-state index in [0.29, 0.717) is 19.5 Å². The second kappa shape index (κ2) is 11.2. The van der Waals surface area contributed by atoms with E-state index < -0.39 is 5.60 Å². The van der Waals surface area contributed by atoms with Crippen LogP contribution in [0.15, 0.2) is 48.5 Å². The lowest BCUT2D eigenvalue weighted by atomic mass is 9.78. The number of ether oxygens (including phenoxy) is 2. The third-order valence-corrected chi connectivity index (χ3v) is 7.68. The van der Waals surface area contributed by atoms with Crippen LogP contribution in [0.1, 0.15) is 31.2 Å². The highest BCUT2D eigenvalue weighted by Gasteiger charge is 2.50. The molecule has 0 bridgehead atoms. The van der Waals surface area contributed by atoms with E-state index in [4.69, 9.17) is 9.47 Å². The second-order valence-corrected chi connectivity index (χ2v) is 9.99. The Morgan fingerprint density at radius 2 is 1.89 bits per heavy atom. The number of nitrogens with zero attached hydrogens (tertiary/aromatic N) is 2. The molecule has 1 saturated heterocycles. The van der Waals surface area contributed by atoms with Crippen molar-refractivity contribution in [2.45, 2.75) is 56.0 Å². The van der Waals surface area contributed by atoms with Crippen LogP contribution in [0.4, 0.5) is 4.39 Å². The number of amides is 1. The smallest absolute Gasteiger partial charge is 0.255 e. The topological polar surface area (TPSA) is 54.0 Å². The number of halogens is 1. The molecule has 1 unspecified atom stereocenters. The van der Waals surface area contributed by atoms with E-state index in [2.05, 4.69) is 17.4 Å². The third-order valence-electron chi connectivity index (χ3n) is 7.68. The van der Waals surface area contributed by atoms with Gasteiger partial charge in [0.05, 0.1) is 6.04 Å². The van der Waals surface area contributed by atoms with Gasteiger partial charge in [-0.25, -0.2) is 4.39 Å². The van der Waals surface area contributed by atoms with Crippen LogP contribution in [0, 0.1) is 5.82 Å². The first-order valence-electron chi connectivity index (χ1n) is 12.5. The van der Waals surface area contributed by atoms with Crippen LogP contribution < -0.4 is 5.32 Å². The van der Waals surface area contributed by atoms with Gasteiger partial charge < -0.3 is 19.7 Å². The molecule has 1 saturated carbocycles. The Hall–Kier alpha value is -2.32. The summed E-state index contributed by atoms with van der Waals surface area (Å²) in [6.07, 6.45) is 4.13. The molecule has 4 rings (SSSR count). The standard InChI is InChI=1S/C28H38FN3O3/c1-31(2)26(34-3)19-30-24-12-15-32(27(33)28(35-4)13-7-14-28)25(24)17-20-8-5-9-21(16-20)22-10-6-11-23(29)18-22/h5-6,8-11,16,18,24-26,30H,7,12-15,17,19H2,1-4H3/t24-,25-,26?/m0/s1. The fourth-order valence-electron chi connectivity index (χ4n) is 5.38. The normalized spacial score (nSPS) is 22.3. The number of rotatable bonds is 10. The largest absolute Gasteiger partial charge is 0.368 e. The first-order chi connectivity index (χ1) is 16.9. The maximum Gasteiger partial charge on any atom is 0.255 e. The lowest BCUT2D eigenvalue weighted by Gasteiger charge is -2.43. The van der Waals surface area contributed by atoms with Crippen LogP contribution in [-0.4, -0.2) is 81.0 Å². The molecule has 1 heterocycles. The monoisotopic (exact) mass is 483 g/mol. The number of nitrogens with one attached hydrogen (secondary N) is 1. The summed E-state index contributed by atoms with van der Waals surface area (Å²) in [7, 11) is 7.36. The summed E-state index contributed by atoms with van der Waals surface area (Å²) in [5.74, 6) is -0.138. The number of carbonyl (C=O) groups excluding carboxylic acids is 1. The molecule has 6 nitrogen and oxygen atoms in total. The number of carbonyl (C=O) groups is 1. The third kappa shape index (κ3) is 5.59. The number of hydrogen-bond acceptors (Lipinski definition) is 5. The molecule has 0 spiro atoms. The first kappa shape index (κ1) is 25.8. The van der Waals surface area contributed by atoms with Crippen LogP contribution in [-0.2, 0) is 20.7 Å². The fourth-order valence-corrected chi connectivity index (χ4v) is 5.38. The first-order valence-corrected chi connectivity index (χ1v) is 12.5. The molecule has 1 amide bonds. The van der Waals surface area contributed by atoms with Crippen LogP contribution in [0.5, 0.6) is 0 Å². The highest BCUT2D eigenvalue weighted by molar-refractivity contribution is 5.87. The van der Waals surface area contributed by atoms with Gasteiger partial charge in [-0.2, -0.15) is 0 Å². The Morgan fingerprint density at radius 1 is 1.17 bits per heavy atom. The second-order valence-electron chi connectivity index (χ2n) is 9.99. The molecule has 2 aliphatic rings. The highest BCUT2D eigenvalue weighted by atomic mass is 19.1. The van der Waals surface area contributed by atoms with Crippen molar-refractivity contribution in [3.8, 4) is 11.1 Å². The van der Waals surface area contributed by atoms with Crippen molar-refractivity contribution in [3.63, 3.8) is 0 Å². The van der Waals surface area contributed by atoms with Crippen molar-refractivity contribution in [1.82, 2.24) is 15.1 Å². The molecule has 2 aromatic carbocycles. The van der Waals surface area contributed by atoms with Crippen molar-refractivity contribution < 1.29 is 18.7 Å². The Morgan fingerprint density at radius 3 is 2.49 bits per heavy atom. The number of likely N-dealkylation sites (tertiary alicyclic amines) is 1.